The normalized spacial score (nSPS) is 11.7. The summed E-state index contributed by atoms with van der Waals surface area (Å²) in [6.07, 6.45) is 2.51. The molecule has 0 aromatic carbocycles. The molecule has 0 N–H and O–H groups in total. The van der Waals surface area contributed by atoms with E-state index < -0.39 is 8.80 Å². The van der Waals surface area contributed by atoms with Gasteiger partial charge in [0.1, 0.15) is 10.1 Å². The molecule has 0 saturated carbocycles. The maximum absolute atomic E-state index is 5.86. The molecule has 1 heterocycles. The molecule has 1 aromatic heterocycles. The molecule has 0 unspecified atom stereocenters. The molecule has 0 aliphatic heterocycles. The van der Waals surface area contributed by atoms with E-state index in [1.54, 1.807) is 6.26 Å². The van der Waals surface area contributed by atoms with Crippen LogP contribution in [0.25, 0.3) is 0 Å². The highest BCUT2D eigenvalue weighted by Gasteiger charge is 2.39. The third-order valence-corrected chi connectivity index (χ3v) is 6.89. The van der Waals surface area contributed by atoms with E-state index in [0.29, 0.717) is 30.7 Å². The molecule has 0 bridgehead atoms. The zero-order valence-electron chi connectivity index (χ0n) is 14.1. The maximum Gasteiger partial charge on any atom is 0.500 e. The minimum atomic E-state index is -2.59. The molecule has 5 nitrogen and oxygen atoms in total. The third-order valence-electron chi connectivity index (χ3n) is 3.20. The van der Waals surface area contributed by atoms with E-state index >= 15 is 0 Å². The Morgan fingerprint density at radius 2 is 1.83 bits per heavy atom. The molecule has 0 aliphatic carbocycles. The van der Waals surface area contributed by atoms with E-state index in [1.165, 1.54) is 0 Å². The Morgan fingerprint density at radius 1 is 1.22 bits per heavy atom. The molecule has 0 radical (unpaired) electrons. The molecule has 23 heavy (non-hydrogen) atoms. The number of furan rings is 1. The summed E-state index contributed by atoms with van der Waals surface area (Å²) >= 11 is 9.52. The lowest BCUT2D eigenvalue weighted by molar-refractivity contribution is 0.0704. The standard InChI is InChI=1S/C15H27NO4S2Si/c1-4-18-23(19-5-2,20-6-3)12-8-10-16(15(21)22)13-14-9-7-11-17-14/h7,9,11H,4-6,8,10,12-13H2,1-3H3,(H,21,22). The van der Waals surface area contributed by atoms with Gasteiger partial charge in [0.05, 0.1) is 12.8 Å². The van der Waals surface area contributed by atoms with Crippen LogP contribution in [0.2, 0.25) is 6.04 Å². The van der Waals surface area contributed by atoms with Crippen molar-refractivity contribution in [3.8, 4) is 0 Å². The van der Waals surface area contributed by atoms with Crippen LogP contribution in [0.3, 0.4) is 0 Å². The smallest absolute Gasteiger partial charge is 0.467 e. The van der Waals surface area contributed by atoms with E-state index in [0.717, 1.165) is 24.8 Å². The van der Waals surface area contributed by atoms with Crippen molar-refractivity contribution in [2.24, 2.45) is 0 Å². The zero-order chi connectivity index (χ0) is 17.1. The molecule has 8 heteroatoms. The predicted octanol–water partition coefficient (Wildman–Crippen LogP) is 3.73. The van der Waals surface area contributed by atoms with Crippen molar-refractivity contribution in [2.45, 2.75) is 39.8 Å². The SMILES string of the molecule is CCO[Si](CCCN(Cc1ccco1)C(=S)S)(OCC)OCC. The van der Waals surface area contributed by atoms with Crippen molar-refractivity contribution >= 4 is 38.0 Å². The number of nitrogens with zero attached hydrogens (tertiary/aromatic N) is 1. The second kappa shape index (κ2) is 11.2. The number of hydrogen-bond acceptors (Lipinski definition) is 5. The lowest BCUT2D eigenvalue weighted by Crippen LogP contribution is -2.46. The average molecular weight is 378 g/mol. The highest BCUT2D eigenvalue weighted by Crippen LogP contribution is 2.19. The van der Waals surface area contributed by atoms with Gasteiger partial charge in [0.25, 0.3) is 0 Å². The van der Waals surface area contributed by atoms with Crippen LogP contribution in [0.15, 0.2) is 22.8 Å². The monoisotopic (exact) mass is 377 g/mol. The summed E-state index contributed by atoms with van der Waals surface area (Å²) in [5, 5.41) is 0. The second-order valence-electron chi connectivity index (χ2n) is 4.87. The van der Waals surface area contributed by atoms with Gasteiger partial charge in [-0.05, 0) is 39.3 Å². The van der Waals surface area contributed by atoms with Crippen LogP contribution in [-0.2, 0) is 19.8 Å². The zero-order valence-corrected chi connectivity index (χ0v) is 16.8. The quantitative estimate of drug-likeness (QED) is 0.340. The summed E-state index contributed by atoms with van der Waals surface area (Å²) in [4.78, 5) is 2.00. The van der Waals surface area contributed by atoms with Crippen molar-refractivity contribution in [3.63, 3.8) is 0 Å². The molecule has 0 saturated heterocycles. The van der Waals surface area contributed by atoms with Gasteiger partial charge >= 0.3 is 8.80 Å². The molecule has 0 amide bonds. The Morgan fingerprint density at radius 3 is 2.26 bits per heavy atom. The number of thiocarbonyl (C=S) groups is 1. The van der Waals surface area contributed by atoms with Gasteiger partial charge in [-0.2, -0.15) is 0 Å². The molecular formula is C15H27NO4S2Si. The van der Waals surface area contributed by atoms with Crippen LogP contribution in [0.1, 0.15) is 33.0 Å². The molecule has 1 rings (SSSR count). The van der Waals surface area contributed by atoms with Crippen LogP contribution >= 0.6 is 24.8 Å². The molecule has 0 aliphatic rings. The Hall–Kier alpha value is -0.383. The first-order valence-electron chi connectivity index (χ1n) is 7.99. The fraction of sp³-hybridized carbons (Fsp3) is 0.667. The Kier molecular flexibility index (Phi) is 10.1. The number of rotatable bonds is 12. The van der Waals surface area contributed by atoms with Crippen LogP contribution in [0, 0.1) is 0 Å². The molecule has 1 aromatic rings. The Labute approximate surface area is 151 Å². The number of thiol groups is 1. The van der Waals surface area contributed by atoms with E-state index in [1.807, 2.05) is 37.8 Å². The first kappa shape index (κ1) is 20.7. The van der Waals surface area contributed by atoms with Crippen LogP contribution in [0.5, 0.6) is 0 Å². The van der Waals surface area contributed by atoms with Gasteiger partial charge in [0.2, 0.25) is 0 Å². The van der Waals surface area contributed by atoms with Crippen LogP contribution < -0.4 is 0 Å². The van der Waals surface area contributed by atoms with E-state index in [4.69, 9.17) is 29.9 Å². The molecular weight excluding hydrogens is 350 g/mol. The first-order valence-corrected chi connectivity index (χ1v) is 10.8. The van der Waals surface area contributed by atoms with Crippen molar-refractivity contribution in [1.82, 2.24) is 4.90 Å². The minimum absolute atomic E-state index is 0.554. The van der Waals surface area contributed by atoms with E-state index in [9.17, 15) is 0 Å². The van der Waals surface area contributed by atoms with Crippen molar-refractivity contribution in [1.29, 1.82) is 0 Å². The second-order valence-corrected chi connectivity index (χ2v) is 8.71. The van der Waals surface area contributed by atoms with Gasteiger partial charge in [-0.3, -0.25) is 0 Å². The highest BCUT2D eigenvalue weighted by atomic mass is 32.1. The summed E-state index contributed by atoms with van der Waals surface area (Å²) in [6.45, 7) is 9.03. The summed E-state index contributed by atoms with van der Waals surface area (Å²) in [7, 11) is -2.59. The maximum atomic E-state index is 5.86. The fourth-order valence-electron chi connectivity index (χ4n) is 2.32. The lowest BCUT2D eigenvalue weighted by atomic mass is 10.4. The van der Waals surface area contributed by atoms with Gasteiger partial charge < -0.3 is 22.6 Å². The molecule has 0 spiro atoms. The lowest BCUT2D eigenvalue weighted by Gasteiger charge is -2.29. The Balaban J connectivity index is 2.58. The molecule has 132 valence electrons. The van der Waals surface area contributed by atoms with Gasteiger partial charge in [-0.25, -0.2) is 0 Å². The number of hydrogen-bond donors (Lipinski definition) is 1. The van der Waals surface area contributed by atoms with Gasteiger partial charge in [0, 0.05) is 32.4 Å². The minimum Gasteiger partial charge on any atom is -0.467 e. The van der Waals surface area contributed by atoms with E-state index in [2.05, 4.69) is 12.6 Å². The van der Waals surface area contributed by atoms with Gasteiger partial charge in [0.15, 0.2) is 0 Å². The van der Waals surface area contributed by atoms with Crippen molar-refractivity contribution in [3.05, 3.63) is 24.2 Å². The third kappa shape index (κ3) is 7.36. The largest absolute Gasteiger partial charge is 0.500 e. The molecule has 0 atom stereocenters. The van der Waals surface area contributed by atoms with Crippen molar-refractivity contribution in [2.75, 3.05) is 26.4 Å². The van der Waals surface area contributed by atoms with Gasteiger partial charge in [-0.1, -0.05) is 12.2 Å². The van der Waals surface area contributed by atoms with Crippen LogP contribution in [0.4, 0.5) is 0 Å². The fourth-order valence-corrected chi connectivity index (χ4v) is 5.24. The van der Waals surface area contributed by atoms with Gasteiger partial charge in [-0.15, -0.1) is 12.6 Å². The Bertz CT molecular complexity index is 428. The summed E-state index contributed by atoms with van der Waals surface area (Å²) in [5.41, 5.74) is 0. The summed E-state index contributed by atoms with van der Waals surface area (Å²) < 4.78 is 23.5. The summed E-state index contributed by atoms with van der Waals surface area (Å²) in [5.74, 6) is 0.865. The van der Waals surface area contributed by atoms with Crippen LogP contribution in [-0.4, -0.2) is 44.4 Å². The van der Waals surface area contributed by atoms with E-state index in [-0.39, 0.29) is 0 Å². The van der Waals surface area contributed by atoms with Crippen molar-refractivity contribution < 1.29 is 17.7 Å². The highest BCUT2D eigenvalue weighted by molar-refractivity contribution is 8.10. The predicted molar refractivity (Wildman–Crippen MR) is 101 cm³/mol. The average Bonchev–Trinajstić information content (AvgIpc) is 3.00. The molecule has 0 fully saturated rings. The summed E-state index contributed by atoms with van der Waals surface area (Å²) in [6, 6.07) is 4.55. The topological polar surface area (TPSA) is 44.1 Å². The first-order chi connectivity index (χ1) is 11.1.